The van der Waals surface area contributed by atoms with Gasteiger partial charge in [0.1, 0.15) is 11.4 Å². The van der Waals surface area contributed by atoms with E-state index in [1.165, 1.54) is 6.07 Å². The predicted molar refractivity (Wildman–Crippen MR) is 68.8 cm³/mol. The Hall–Kier alpha value is -1.75. The van der Waals surface area contributed by atoms with Crippen LogP contribution in [-0.4, -0.2) is 28.5 Å². The number of hydrogen-bond acceptors (Lipinski definition) is 4. The van der Waals surface area contributed by atoms with Crippen LogP contribution < -0.4 is 5.32 Å². The van der Waals surface area contributed by atoms with E-state index in [4.69, 9.17) is 9.84 Å². The molecule has 1 amide bonds. The highest BCUT2D eigenvalue weighted by molar-refractivity contribution is 5.88. The Morgan fingerprint density at radius 2 is 2.06 bits per heavy atom. The maximum absolute atomic E-state index is 11.6. The molecule has 100 valence electrons. The van der Waals surface area contributed by atoms with Gasteiger partial charge in [-0.3, -0.25) is 5.32 Å². The number of carbonyl (C=O) groups is 1. The van der Waals surface area contributed by atoms with Crippen molar-refractivity contribution in [1.29, 1.82) is 0 Å². The summed E-state index contributed by atoms with van der Waals surface area (Å²) in [7, 11) is 0. The van der Waals surface area contributed by atoms with Crippen molar-refractivity contribution in [2.24, 2.45) is 0 Å². The van der Waals surface area contributed by atoms with Crippen LogP contribution in [0.25, 0.3) is 0 Å². The van der Waals surface area contributed by atoms with Crippen LogP contribution in [0.15, 0.2) is 18.2 Å². The highest BCUT2D eigenvalue weighted by Crippen LogP contribution is 2.28. The van der Waals surface area contributed by atoms with Crippen LogP contribution >= 0.6 is 0 Å². The third-order valence-corrected chi connectivity index (χ3v) is 2.14. The molecule has 0 aliphatic heterocycles. The van der Waals surface area contributed by atoms with Crippen molar-refractivity contribution in [2.75, 3.05) is 11.9 Å². The third kappa shape index (κ3) is 4.25. The number of nitrogens with one attached hydrogen (secondary N) is 1. The SMILES string of the molecule is CC(C)(C)OC(=O)Nc1c(O)cccc1CCO. The van der Waals surface area contributed by atoms with Crippen molar-refractivity contribution in [3.05, 3.63) is 23.8 Å². The molecule has 0 aliphatic carbocycles. The minimum absolute atomic E-state index is 0.0493. The highest BCUT2D eigenvalue weighted by atomic mass is 16.6. The number of para-hydroxylation sites is 1. The fraction of sp³-hybridized carbons (Fsp3) is 0.462. The quantitative estimate of drug-likeness (QED) is 0.722. The van der Waals surface area contributed by atoms with Gasteiger partial charge in [0.25, 0.3) is 0 Å². The number of phenolic OH excluding ortho intramolecular Hbond substituents is 1. The second-order valence-electron chi connectivity index (χ2n) is 4.91. The molecule has 0 spiro atoms. The van der Waals surface area contributed by atoms with Crippen LogP contribution in [0.1, 0.15) is 26.3 Å². The fourth-order valence-corrected chi connectivity index (χ4v) is 1.47. The van der Waals surface area contributed by atoms with Gasteiger partial charge in [-0.1, -0.05) is 12.1 Å². The Morgan fingerprint density at radius 3 is 2.61 bits per heavy atom. The summed E-state index contributed by atoms with van der Waals surface area (Å²) < 4.78 is 5.11. The number of carbonyl (C=O) groups excluding carboxylic acids is 1. The summed E-state index contributed by atoms with van der Waals surface area (Å²) >= 11 is 0. The Bertz CT molecular complexity index is 423. The monoisotopic (exact) mass is 253 g/mol. The smallest absolute Gasteiger partial charge is 0.412 e. The number of aromatic hydroxyl groups is 1. The summed E-state index contributed by atoms with van der Waals surface area (Å²) in [5.74, 6) is -0.0493. The number of anilines is 1. The number of benzene rings is 1. The van der Waals surface area contributed by atoms with E-state index in [1.807, 2.05) is 0 Å². The minimum atomic E-state index is -0.636. The summed E-state index contributed by atoms with van der Waals surface area (Å²) in [6.07, 6.45) is -0.289. The molecule has 0 saturated carbocycles. The molecule has 0 heterocycles. The van der Waals surface area contributed by atoms with E-state index in [0.29, 0.717) is 12.0 Å². The minimum Gasteiger partial charge on any atom is -0.506 e. The molecular weight excluding hydrogens is 234 g/mol. The molecule has 0 unspecified atom stereocenters. The van der Waals surface area contributed by atoms with Crippen LogP contribution in [0, 0.1) is 0 Å². The van der Waals surface area contributed by atoms with E-state index in [2.05, 4.69) is 5.32 Å². The van der Waals surface area contributed by atoms with E-state index in [-0.39, 0.29) is 18.0 Å². The van der Waals surface area contributed by atoms with Crippen molar-refractivity contribution in [1.82, 2.24) is 0 Å². The summed E-state index contributed by atoms with van der Waals surface area (Å²) in [5.41, 5.74) is 0.329. The van der Waals surface area contributed by atoms with Gasteiger partial charge in [-0.05, 0) is 38.8 Å². The maximum atomic E-state index is 11.6. The molecule has 0 aromatic heterocycles. The second-order valence-corrected chi connectivity index (χ2v) is 4.91. The van der Waals surface area contributed by atoms with Gasteiger partial charge in [0.15, 0.2) is 0 Å². The van der Waals surface area contributed by atoms with Crippen LogP contribution in [-0.2, 0) is 11.2 Å². The lowest BCUT2D eigenvalue weighted by molar-refractivity contribution is 0.0635. The number of aliphatic hydroxyl groups is 1. The molecule has 1 aromatic carbocycles. The molecular formula is C13H19NO4. The second kappa shape index (κ2) is 5.73. The average molecular weight is 253 g/mol. The lowest BCUT2D eigenvalue weighted by Crippen LogP contribution is -2.27. The topological polar surface area (TPSA) is 78.8 Å². The molecule has 0 bridgehead atoms. The van der Waals surface area contributed by atoms with Gasteiger partial charge in [0.2, 0.25) is 0 Å². The zero-order valence-corrected chi connectivity index (χ0v) is 10.9. The molecule has 0 fully saturated rings. The van der Waals surface area contributed by atoms with Gasteiger partial charge < -0.3 is 14.9 Å². The standard InChI is InChI=1S/C13H19NO4/c1-13(2,3)18-12(17)14-11-9(7-8-15)5-4-6-10(11)16/h4-6,15-16H,7-8H2,1-3H3,(H,14,17). The lowest BCUT2D eigenvalue weighted by Gasteiger charge is -2.20. The van der Waals surface area contributed by atoms with Crippen LogP contribution in [0.2, 0.25) is 0 Å². The lowest BCUT2D eigenvalue weighted by atomic mass is 10.1. The molecule has 3 N–H and O–H groups in total. The van der Waals surface area contributed by atoms with E-state index in [9.17, 15) is 9.90 Å². The Balaban J connectivity index is 2.86. The number of rotatable bonds is 3. The van der Waals surface area contributed by atoms with Crippen molar-refractivity contribution < 1.29 is 19.7 Å². The Morgan fingerprint density at radius 1 is 1.39 bits per heavy atom. The number of hydrogen-bond donors (Lipinski definition) is 3. The van der Waals surface area contributed by atoms with Crippen LogP contribution in [0.5, 0.6) is 5.75 Å². The summed E-state index contributed by atoms with van der Waals surface area (Å²) in [6.45, 7) is 5.21. The van der Waals surface area contributed by atoms with Gasteiger partial charge in [-0.25, -0.2) is 4.79 Å². The first-order chi connectivity index (χ1) is 8.33. The van der Waals surface area contributed by atoms with Gasteiger partial charge in [-0.2, -0.15) is 0 Å². The van der Waals surface area contributed by atoms with Crippen molar-refractivity contribution in [3.63, 3.8) is 0 Å². The first-order valence-corrected chi connectivity index (χ1v) is 5.75. The number of aliphatic hydroxyl groups excluding tert-OH is 1. The first-order valence-electron chi connectivity index (χ1n) is 5.75. The maximum Gasteiger partial charge on any atom is 0.412 e. The first kappa shape index (κ1) is 14.3. The molecule has 1 rings (SSSR count). The Kier molecular flexibility index (Phi) is 4.55. The molecule has 0 aliphatic rings. The van der Waals surface area contributed by atoms with Crippen LogP contribution in [0.3, 0.4) is 0 Å². The third-order valence-electron chi connectivity index (χ3n) is 2.14. The number of amides is 1. The molecule has 0 radical (unpaired) electrons. The van der Waals surface area contributed by atoms with Crippen molar-refractivity contribution >= 4 is 11.8 Å². The summed E-state index contributed by atoms with van der Waals surface area (Å²) in [6, 6.07) is 4.84. The normalized spacial score (nSPS) is 11.1. The van der Waals surface area contributed by atoms with E-state index < -0.39 is 11.7 Å². The average Bonchev–Trinajstić information content (AvgIpc) is 2.21. The van der Waals surface area contributed by atoms with Gasteiger partial charge >= 0.3 is 6.09 Å². The molecule has 0 saturated heterocycles. The predicted octanol–water partition coefficient (Wildman–Crippen LogP) is 2.27. The van der Waals surface area contributed by atoms with Crippen molar-refractivity contribution in [2.45, 2.75) is 32.8 Å². The van der Waals surface area contributed by atoms with Crippen LogP contribution in [0.4, 0.5) is 10.5 Å². The molecule has 18 heavy (non-hydrogen) atoms. The highest BCUT2D eigenvalue weighted by Gasteiger charge is 2.18. The summed E-state index contributed by atoms with van der Waals surface area (Å²) in [5, 5.41) is 21.1. The zero-order chi connectivity index (χ0) is 13.8. The largest absolute Gasteiger partial charge is 0.506 e. The molecule has 0 atom stereocenters. The van der Waals surface area contributed by atoms with Gasteiger partial charge in [0, 0.05) is 6.61 Å². The van der Waals surface area contributed by atoms with Gasteiger partial charge in [-0.15, -0.1) is 0 Å². The summed E-state index contributed by atoms with van der Waals surface area (Å²) in [4.78, 5) is 11.6. The van der Waals surface area contributed by atoms with E-state index in [1.54, 1.807) is 32.9 Å². The molecule has 5 heteroatoms. The van der Waals surface area contributed by atoms with Gasteiger partial charge in [0.05, 0.1) is 5.69 Å². The molecule has 5 nitrogen and oxygen atoms in total. The Labute approximate surface area is 106 Å². The molecule has 1 aromatic rings. The number of ether oxygens (including phenoxy) is 1. The van der Waals surface area contributed by atoms with Crippen molar-refractivity contribution in [3.8, 4) is 5.75 Å². The fourth-order valence-electron chi connectivity index (χ4n) is 1.47. The number of phenols is 1. The zero-order valence-electron chi connectivity index (χ0n) is 10.9. The van der Waals surface area contributed by atoms with E-state index >= 15 is 0 Å². The van der Waals surface area contributed by atoms with E-state index in [0.717, 1.165) is 0 Å².